The molecule has 3 N–H and O–H groups in total. The summed E-state index contributed by atoms with van der Waals surface area (Å²) in [4.78, 5) is 58.8. The van der Waals surface area contributed by atoms with Gasteiger partial charge in [0.1, 0.15) is 23.6 Å². The van der Waals surface area contributed by atoms with Gasteiger partial charge in [0.15, 0.2) is 6.39 Å². The van der Waals surface area contributed by atoms with Crippen LogP contribution in [0.3, 0.4) is 0 Å². The van der Waals surface area contributed by atoms with Gasteiger partial charge in [-0.05, 0) is 36.4 Å². The maximum atomic E-state index is 13.7. The molecule has 6 rings (SSSR count). The van der Waals surface area contributed by atoms with Crippen molar-refractivity contribution in [1.82, 2.24) is 19.3 Å². The first-order valence-corrected chi connectivity index (χ1v) is 15.0. The van der Waals surface area contributed by atoms with E-state index in [1.807, 2.05) is 11.0 Å². The number of pyridine rings is 1. The van der Waals surface area contributed by atoms with Gasteiger partial charge >= 0.3 is 0 Å². The standard InChI is InChI=1S/C30H26ClN7O6S/c31-25-5-4-21(45-25)14-33-26-13-22(35-38(26)30(42)19-3-1-2-18(10-19)29(32)41)20-11-27(36-6-8-43-9-7-36)37(28(40)12-20)15-24(39)23-16-44-17-34-23/h1-5,10-13,16-17,33H,6-9,14-15H2,(H2,32,41). The van der Waals surface area contributed by atoms with Crippen molar-refractivity contribution >= 4 is 52.2 Å². The molecule has 4 aromatic heterocycles. The summed E-state index contributed by atoms with van der Waals surface area (Å²) in [5, 5.41) is 7.83. The number of nitrogens with zero attached hydrogens (tertiary/aromatic N) is 5. The Balaban J connectivity index is 1.41. The van der Waals surface area contributed by atoms with Crippen LogP contribution in [-0.4, -0.2) is 63.2 Å². The molecule has 5 aromatic rings. The summed E-state index contributed by atoms with van der Waals surface area (Å²) < 4.78 is 13.6. The number of morpholine rings is 1. The van der Waals surface area contributed by atoms with Gasteiger partial charge in [-0.3, -0.25) is 23.7 Å². The number of nitrogens with two attached hydrogens (primary N) is 1. The molecule has 1 fully saturated rings. The van der Waals surface area contributed by atoms with Crippen LogP contribution in [0.25, 0.3) is 11.3 Å². The minimum atomic E-state index is -0.669. The Hall–Kier alpha value is -5.05. The number of thiophene rings is 1. The molecule has 1 saturated heterocycles. The second kappa shape index (κ2) is 12.9. The van der Waals surface area contributed by atoms with Gasteiger partial charge < -0.3 is 25.1 Å². The van der Waals surface area contributed by atoms with Crippen LogP contribution >= 0.6 is 22.9 Å². The normalized spacial score (nSPS) is 13.1. The predicted molar refractivity (Wildman–Crippen MR) is 167 cm³/mol. The molecule has 1 aliphatic heterocycles. The summed E-state index contributed by atoms with van der Waals surface area (Å²) in [5.41, 5.74) is 6.25. The van der Waals surface area contributed by atoms with Gasteiger partial charge in [0.05, 0.1) is 36.3 Å². The Morgan fingerprint density at radius 3 is 2.56 bits per heavy atom. The molecule has 230 valence electrons. The number of hydrogen-bond acceptors (Lipinski definition) is 11. The minimum absolute atomic E-state index is 0.110. The van der Waals surface area contributed by atoms with Crippen molar-refractivity contribution in [1.29, 1.82) is 0 Å². The number of hydrogen-bond donors (Lipinski definition) is 2. The van der Waals surface area contributed by atoms with Crippen LogP contribution in [0.4, 0.5) is 11.6 Å². The molecule has 0 bridgehead atoms. The number of ketones is 1. The number of oxazole rings is 1. The summed E-state index contributed by atoms with van der Waals surface area (Å²) in [6, 6.07) is 14.5. The van der Waals surface area contributed by atoms with E-state index in [0.29, 0.717) is 60.1 Å². The Morgan fingerprint density at radius 2 is 1.84 bits per heavy atom. The third kappa shape index (κ3) is 6.57. The number of anilines is 2. The van der Waals surface area contributed by atoms with Gasteiger partial charge in [-0.25, -0.2) is 4.98 Å². The Bertz CT molecular complexity index is 1940. The number of carbonyl (C=O) groups excluding carboxylic acids is 3. The average Bonchev–Trinajstić information content (AvgIpc) is 3.83. The molecule has 1 aliphatic rings. The van der Waals surface area contributed by atoms with Crippen LogP contribution in [0.15, 0.2) is 76.5 Å². The SMILES string of the molecule is NC(=O)c1cccc(C(=O)n2nc(-c3cc(N4CCOCC4)n(CC(=O)c4cocn4)c(=O)c3)cc2NCc2ccc(Cl)s2)c1. The Labute approximate surface area is 264 Å². The minimum Gasteiger partial charge on any atom is -0.451 e. The van der Waals surface area contributed by atoms with Crippen LogP contribution in [0, 0.1) is 0 Å². The highest BCUT2D eigenvalue weighted by atomic mass is 35.5. The van der Waals surface area contributed by atoms with Crippen molar-refractivity contribution in [2.24, 2.45) is 5.73 Å². The fraction of sp³-hybridized carbons (Fsp3) is 0.200. The zero-order valence-electron chi connectivity index (χ0n) is 23.6. The van der Waals surface area contributed by atoms with E-state index in [-0.39, 0.29) is 29.1 Å². The second-order valence-corrected chi connectivity index (χ2v) is 11.9. The lowest BCUT2D eigenvalue weighted by Gasteiger charge is -2.31. The van der Waals surface area contributed by atoms with Gasteiger partial charge in [-0.1, -0.05) is 17.7 Å². The summed E-state index contributed by atoms with van der Waals surface area (Å²) >= 11 is 7.49. The van der Waals surface area contributed by atoms with Crippen molar-refractivity contribution in [3.8, 4) is 11.3 Å². The van der Waals surface area contributed by atoms with Gasteiger partial charge in [0, 0.05) is 46.8 Å². The highest BCUT2D eigenvalue weighted by Crippen LogP contribution is 2.28. The summed E-state index contributed by atoms with van der Waals surface area (Å²) in [7, 11) is 0. The predicted octanol–water partition coefficient (Wildman–Crippen LogP) is 3.53. The smallest absolute Gasteiger partial charge is 0.280 e. The van der Waals surface area contributed by atoms with Gasteiger partial charge in [-0.2, -0.15) is 9.78 Å². The van der Waals surface area contributed by atoms with Crippen LogP contribution in [0.1, 0.15) is 36.1 Å². The first kappa shape index (κ1) is 30.0. The number of rotatable bonds is 10. The summed E-state index contributed by atoms with van der Waals surface area (Å²) in [5.74, 6) is -0.730. The van der Waals surface area contributed by atoms with E-state index in [2.05, 4.69) is 15.4 Å². The third-order valence-corrected chi connectivity index (χ3v) is 8.36. The van der Waals surface area contributed by atoms with Gasteiger partial charge in [0.2, 0.25) is 11.7 Å². The van der Waals surface area contributed by atoms with Crippen molar-refractivity contribution < 1.29 is 23.5 Å². The lowest BCUT2D eigenvalue weighted by Crippen LogP contribution is -2.40. The van der Waals surface area contributed by atoms with E-state index < -0.39 is 17.4 Å². The maximum absolute atomic E-state index is 13.7. The number of aromatic nitrogens is 4. The molecule has 1 amide bonds. The number of halogens is 1. The van der Waals surface area contributed by atoms with Crippen molar-refractivity contribution in [2.75, 3.05) is 36.5 Å². The molecular weight excluding hydrogens is 622 g/mol. The molecule has 0 unspecified atom stereocenters. The lowest BCUT2D eigenvalue weighted by atomic mass is 10.1. The lowest BCUT2D eigenvalue weighted by molar-refractivity contribution is 0.0944. The largest absolute Gasteiger partial charge is 0.451 e. The zero-order chi connectivity index (χ0) is 31.5. The number of primary amides is 1. The molecule has 1 aromatic carbocycles. The fourth-order valence-electron chi connectivity index (χ4n) is 4.87. The first-order valence-electron chi connectivity index (χ1n) is 13.8. The molecule has 0 spiro atoms. The zero-order valence-corrected chi connectivity index (χ0v) is 25.2. The van der Waals surface area contributed by atoms with E-state index >= 15 is 0 Å². The molecule has 13 nitrogen and oxygen atoms in total. The summed E-state index contributed by atoms with van der Waals surface area (Å²) in [6.45, 7) is 1.99. The number of Topliss-reactive ketones (excluding diaryl/α,β-unsaturated/α-hetero) is 1. The summed E-state index contributed by atoms with van der Waals surface area (Å²) in [6.07, 6.45) is 2.39. The maximum Gasteiger partial charge on any atom is 0.280 e. The van der Waals surface area contributed by atoms with Crippen molar-refractivity contribution in [3.05, 3.63) is 104 Å². The Kier molecular flexibility index (Phi) is 8.60. The fourth-order valence-corrected chi connectivity index (χ4v) is 5.90. The van der Waals surface area contributed by atoms with Gasteiger partial charge in [-0.15, -0.1) is 11.3 Å². The van der Waals surface area contributed by atoms with E-state index in [1.54, 1.807) is 30.3 Å². The van der Waals surface area contributed by atoms with E-state index in [4.69, 9.17) is 26.5 Å². The third-order valence-electron chi connectivity index (χ3n) is 7.13. The molecule has 0 atom stereocenters. The highest BCUT2D eigenvalue weighted by Gasteiger charge is 2.23. The van der Waals surface area contributed by atoms with E-state index in [0.717, 1.165) is 11.3 Å². The van der Waals surface area contributed by atoms with Crippen LogP contribution in [-0.2, 0) is 17.8 Å². The van der Waals surface area contributed by atoms with Crippen LogP contribution < -0.4 is 21.5 Å². The monoisotopic (exact) mass is 647 g/mol. The average molecular weight is 648 g/mol. The number of benzene rings is 1. The van der Waals surface area contributed by atoms with Gasteiger partial charge in [0.25, 0.3) is 11.5 Å². The molecular formula is C30H26ClN7O6S. The van der Waals surface area contributed by atoms with Crippen LogP contribution in [0.2, 0.25) is 4.34 Å². The van der Waals surface area contributed by atoms with Crippen molar-refractivity contribution in [2.45, 2.75) is 13.1 Å². The van der Waals surface area contributed by atoms with Crippen molar-refractivity contribution in [3.63, 3.8) is 0 Å². The number of nitrogens with one attached hydrogen (secondary N) is 1. The second-order valence-electron chi connectivity index (χ2n) is 10.1. The number of ether oxygens (including phenoxy) is 1. The first-order chi connectivity index (χ1) is 21.8. The topological polar surface area (TPSA) is 168 Å². The highest BCUT2D eigenvalue weighted by molar-refractivity contribution is 7.16. The molecule has 0 aliphatic carbocycles. The van der Waals surface area contributed by atoms with E-state index in [9.17, 15) is 19.2 Å². The molecule has 15 heteroatoms. The molecule has 45 heavy (non-hydrogen) atoms. The molecule has 0 saturated carbocycles. The number of carbonyl (C=O) groups is 3. The van der Waals surface area contributed by atoms with E-state index in [1.165, 1.54) is 45.0 Å². The quantitative estimate of drug-likeness (QED) is 0.214. The molecule has 0 radical (unpaired) electrons. The number of amides is 1. The Morgan fingerprint density at radius 1 is 1.04 bits per heavy atom. The molecule has 5 heterocycles. The van der Waals surface area contributed by atoms with Crippen LogP contribution in [0.5, 0.6) is 0 Å².